The SMILES string of the molecule is N=C(N)NCCOc1ccc(C(=O)NC[C@H](NC(=O)OCC(Cl)(Cl)Cl)C(=O)O)c(O)c1. The Morgan fingerprint density at radius 1 is 1.23 bits per heavy atom. The smallest absolute Gasteiger partial charge is 0.408 e. The van der Waals surface area contributed by atoms with Crippen molar-refractivity contribution >= 4 is 58.7 Å². The van der Waals surface area contributed by atoms with E-state index < -0.39 is 46.7 Å². The van der Waals surface area contributed by atoms with Gasteiger partial charge in [-0.25, -0.2) is 9.59 Å². The molecule has 1 atom stereocenters. The van der Waals surface area contributed by atoms with Crippen LogP contribution in [0.1, 0.15) is 10.4 Å². The maximum atomic E-state index is 12.2. The quantitative estimate of drug-likeness (QED) is 0.104. The topological polar surface area (TPSA) is 196 Å². The van der Waals surface area contributed by atoms with Gasteiger partial charge in [-0.05, 0) is 12.1 Å². The number of rotatable bonds is 10. The number of guanidine groups is 1. The van der Waals surface area contributed by atoms with Gasteiger partial charge in [0.25, 0.3) is 5.91 Å². The van der Waals surface area contributed by atoms with Crippen molar-refractivity contribution in [1.29, 1.82) is 5.41 Å². The lowest BCUT2D eigenvalue weighted by Crippen LogP contribution is -2.48. The molecule has 172 valence electrons. The fourth-order valence-corrected chi connectivity index (χ4v) is 2.13. The van der Waals surface area contributed by atoms with Crippen molar-refractivity contribution < 1.29 is 34.1 Å². The maximum absolute atomic E-state index is 12.2. The molecular weight excluding hydrogens is 481 g/mol. The van der Waals surface area contributed by atoms with Gasteiger partial charge in [-0.2, -0.15) is 0 Å². The van der Waals surface area contributed by atoms with Gasteiger partial charge in [0, 0.05) is 12.6 Å². The summed E-state index contributed by atoms with van der Waals surface area (Å²) in [5.74, 6) is -2.65. The van der Waals surface area contributed by atoms with E-state index in [1.165, 1.54) is 18.2 Å². The van der Waals surface area contributed by atoms with E-state index in [1.807, 2.05) is 5.32 Å². The van der Waals surface area contributed by atoms with Crippen LogP contribution < -0.4 is 26.4 Å². The molecule has 0 fully saturated rings. The van der Waals surface area contributed by atoms with Crippen LogP contribution in [-0.2, 0) is 9.53 Å². The van der Waals surface area contributed by atoms with E-state index >= 15 is 0 Å². The number of carboxylic acid groups (broad SMARTS) is 1. The molecule has 31 heavy (non-hydrogen) atoms. The van der Waals surface area contributed by atoms with Crippen LogP contribution in [0.25, 0.3) is 0 Å². The van der Waals surface area contributed by atoms with Gasteiger partial charge >= 0.3 is 12.1 Å². The molecule has 0 heterocycles. The molecule has 8 N–H and O–H groups in total. The zero-order chi connectivity index (χ0) is 23.6. The summed E-state index contributed by atoms with van der Waals surface area (Å²) in [6.45, 7) is -0.738. The molecule has 0 aliphatic heterocycles. The maximum Gasteiger partial charge on any atom is 0.408 e. The summed E-state index contributed by atoms with van der Waals surface area (Å²) in [6.07, 6.45) is -1.17. The number of phenols is 1. The van der Waals surface area contributed by atoms with Crippen molar-refractivity contribution in [1.82, 2.24) is 16.0 Å². The molecule has 15 heteroatoms. The number of carbonyl (C=O) groups is 3. The highest BCUT2D eigenvalue weighted by Gasteiger charge is 2.26. The third kappa shape index (κ3) is 10.7. The zero-order valence-corrected chi connectivity index (χ0v) is 18.1. The summed E-state index contributed by atoms with van der Waals surface area (Å²) in [5.41, 5.74) is 4.97. The van der Waals surface area contributed by atoms with E-state index in [2.05, 4.69) is 15.4 Å². The Kier molecular flexibility index (Phi) is 10.3. The Bertz CT molecular complexity index is 819. The molecule has 0 aromatic heterocycles. The molecule has 0 aliphatic rings. The second kappa shape index (κ2) is 12.1. The van der Waals surface area contributed by atoms with Crippen LogP contribution in [-0.4, -0.2) is 70.3 Å². The number of amides is 2. The van der Waals surface area contributed by atoms with Gasteiger partial charge < -0.3 is 41.4 Å². The highest BCUT2D eigenvalue weighted by Crippen LogP contribution is 2.26. The van der Waals surface area contributed by atoms with Crippen LogP contribution in [0.5, 0.6) is 11.5 Å². The van der Waals surface area contributed by atoms with Crippen LogP contribution in [0.4, 0.5) is 4.79 Å². The largest absolute Gasteiger partial charge is 0.507 e. The van der Waals surface area contributed by atoms with E-state index in [-0.39, 0.29) is 30.4 Å². The first-order valence-corrected chi connectivity index (χ1v) is 9.57. The molecule has 1 aromatic carbocycles. The van der Waals surface area contributed by atoms with E-state index in [0.717, 1.165) is 0 Å². The van der Waals surface area contributed by atoms with Crippen LogP contribution in [0, 0.1) is 5.41 Å². The fourth-order valence-electron chi connectivity index (χ4n) is 1.97. The number of carboxylic acids is 1. The third-order valence-corrected chi connectivity index (χ3v) is 3.65. The van der Waals surface area contributed by atoms with Crippen molar-refractivity contribution in [2.24, 2.45) is 5.73 Å². The number of halogens is 3. The minimum atomic E-state index is -1.87. The molecule has 0 radical (unpaired) electrons. The summed E-state index contributed by atoms with van der Waals surface area (Å²) in [5, 5.41) is 33.0. The first-order chi connectivity index (χ1) is 14.4. The Morgan fingerprint density at radius 3 is 2.45 bits per heavy atom. The molecular formula is C16H20Cl3N5O7. The number of nitrogens with one attached hydrogen (secondary N) is 4. The molecule has 0 unspecified atom stereocenters. The number of carbonyl (C=O) groups excluding carboxylic acids is 2. The van der Waals surface area contributed by atoms with Crippen LogP contribution in [0.2, 0.25) is 0 Å². The first kappa shape index (κ1) is 26.2. The van der Waals surface area contributed by atoms with Gasteiger partial charge in [0.05, 0.1) is 12.1 Å². The van der Waals surface area contributed by atoms with Crippen LogP contribution in [0.3, 0.4) is 0 Å². The number of alkyl halides is 3. The number of nitrogens with two attached hydrogens (primary N) is 1. The Labute approximate surface area is 191 Å². The van der Waals surface area contributed by atoms with E-state index in [9.17, 15) is 19.5 Å². The zero-order valence-electron chi connectivity index (χ0n) is 15.8. The second-order valence-corrected chi connectivity index (χ2v) is 8.32. The molecule has 0 bridgehead atoms. The number of phenolic OH excluding ortho intramolecular Hbond substituents is 1. The van der Waals surface area contributed by atoms with Gasteiger partial charge in [-0.15, -0.1) is 0 Å². The lowest BCUT2D eigenvalue weighted by Gasteiger charge is -2.17. The van der Waals surface area contributed by atoms with Gasteiger partial charge in [0.2, 0.25) is 3.79 Å². The van der Waals surface area contributed by atoms with Crippen LogP contribution >= 0.6 is 34.8 Å². The summed E-state index contributed by atoms with van der Waals surface area (Å²) >= 11 is 16.3. The number of alkyl carbamates (subject to hydrolysis) is 1. The standard InChI is InChI=1S/C16H20Cl3N5O7/c17-16(18,19)7-31-15(29)24-10(13(27)28)6-23-12(26)9-2-1-8(5-11(9)25)30-4-3-22-14(20)21/h1-2,5,10,25H,3-4,6-7H2,(H,23,26)(H,24,29)(H,27,28)(H4,20,21,22)/t10-/m0/s1. The summed E-state index contributed by atoms with van der Waals surface area (Å²) in [4.78, 5) is 35.1. The highest BCUT2D eigenvalue weighted by atomic mass is 35.6. The number of aromatic hydroxyl groups is 1. The minimum Gasteiger partial charge on any atom is -0.507 e. The van der Waals surface area contributed by atoms with Gasteiger partial charge in [0.15, 0.2) is 5.96 Å². The molecule has 0 spiro atoms. The van der Waals surface area contributed by atoms with E-state index in [4.69, 9.17) is 55.8 Å². The highest BCUT2D eigenvalue weighted by molar-refractivity contribution is 6.67. The molecule has 2 amide bonds. The number of hydrogen-bond acceptors (Lipinski definition) is 7. The van der Waals surface area contributed by atoms with Crippen molar-refractivity contribution in [2.45, 2.75) is 9.83 Å². The first-order valence-electron chi connectivity index (χ1n) is 8.44. The lowest BCUT2D eigenvalue weighted by molar-refractivity contribution is -0.139. The van der Waals surface area contributed by atoms with Crippen LogP contribution in [0.15, 0.2) is 18.2 Å². The van der Waals surface area contributed by atoms with Gasteiger partial charge in [0.1, 0.15) is 30.8 Å². The molecule has 1 rings (SSSR count). The van der Waals surface area contributed by atoms with Crippen molar-refractivity contribution in [3.63, 3.8) is 0 Å². The predicted molar refractivity (Wildman–Crippen MR) is 112 cm³/mol. The average molecular weight is 501 g/mol. The molecule has 0 aliphatic carbocycles. The second-order valence-electron chi connectivity index (χ2n) is 5.80. The number of benzene rings is 1. The molecule has 12 nitrogen and oxygen atoms in total. The summed E-state index contributed by atoms with van der Waals surface area (Å²) in [7, 11) is 0. The monoisotopic (exact) mass is 499 g/mol. The molecule has 0 saturated heterocycles. The van der Waals surface area contributed by atoms with Crippen molar-refractivity contribution in [3.8, 4) is 11.5 Å². The van der Waals surface area contributed by atoms with Gasteiger partial charge in [-0.3, -0.25) is 10.2 Å². The van der Waals surface area contributed by atoms with Crippen molar-refractivity contribution in [2.75, 3.05) is 26.3 Å². The number of hydrogen-bond donors (Lipinski definition) is 7. The Balaban J connectivity index is 2.61. The third-order valence-electron chi connectivity index (χ3n) is 3.32. The normalized spacial score (nSPS) is 11.7. The lowest BCUT2D eigenvalue weighted by atomic mass is 10.1. The summed E-state index contributed by atoms with van der Waals surface area (Å²) < 4.78 is 8.01. The van der Waals surface area contributed by atoms with Gasteiger partial charge in [-0.1, -0.05) is 34.8 Å². The Morgan fingerprint density at radius 2 is 1.90 bits per heavy atom. The van der Waals surface area contributed by atoms with E-state index in [1.54, 1.807) is 0 Å². The summed E-state index contributed by atoms with van der Waals surface area (Å²) in [6, 6.07) is 2.30. The molecule has 1 aromatic rings. The Hall–Kier alpha value is -2.83. The number of aliphatic carboxylic acids is 1. The minimum absolute atomic E-state index is 0.144. The van der Waals surface area contributed by atoms with Crippen molar-refractivity contribution in [3.05, 3.63) is 23.8 Å². The number of ether oxygens (including phenoxy) is 2. The fraction of sp³-hybridized carbons (Fsp3) is 0.375. The average Bonchev–Trinajstić information content (AvgIpc) is 2.65. The molecule has 0 saturated carbocycles. The predicted octanol–water partition coefficient (Wildman–Crippen LogP) is 0.533. The van der Waals surface area contributed by atoms with E-state index in [0.29, 0.717) is 0 Å².